The molecular formula is C25H30N4O3S. The smallest absolute Gasteiger partial charge is 0.223 e. The van der Waals surface area contributed by atoms with Gasteiger partial charge in [-0.05, 0) is 49.9 Å². The van der Waals surface area contributed by atoms with Crippen LogP contribution in [0, 0.1) is 19.8 Å². The van der Waals surface area contributed by atoms with E-state index >= 15 is 0 Å². The third-order valence-electron chi connectivity index (χ3n) is 6.19. The lowest BCUT2D eigenvalue weighted by atomic mass is 9.97. The van der Waals surface area contributed by atoms with Crippen LogP contribution in [0.2, 0.25) is 0 Å². The lowest BCUT2D eigenvalue weighted by Crippen LogP contribution is -2.43. The zero-order valence-electron chi connectivity index (χ0n) is 19.1. The topological polar surface area (TPSA) is 84.3 Å². The predicted molar refractivity (Wildman–Crippen MR) is 128 cm³/mol. The first-order chi connectivity index (χ1) is 15.8. The quantitative estimate of drug-likeness (QED) is 0.579. The van der Waals surface area contributed by atoms with Gasteiger partial charge < -0.3 is 9.88 Å². The van der Waals surface area contributed by atoms with Crippen molar-refractivity contribution in [2.45, 2.75) is 39.0 Å². The van der Waals surface area contributed by atoms with Gasteiger partial charge in [-0.15, -0.1) is 0 Å². The van der Waals surface area contributed by atoms with Gasteiger partial charge in [0, 0.05) is 43.6 Å². The van der Waals surface area contributed by atoms with E-state index in [1.165, 1.54) is 4.31 Å². The van der Waals surface area contributed by atoms with Crippen molar-refractivity contribution in [1.82, 2.24) is 19.2 Å². The van der Waals surface area contributed by atoms with Crippen LogP contribution < -0.4 is 5.32 Å². The Hall–Kier alpha value is -2.97. The minimum absolute atomic E-state index is 0.00125. The van der Waals surface area contributed by atoms with Crippen LogP contribution in [0.15, 0.2) is 60.9 Å². The van der Waals surface area contributed by atoms with Crippen LogP contribution in [0.3, 0.4) is 0 Å². The van der Waals surface area contributed by atoms with Crippen molar-refractivity contribution in [2.75, 3.05) is 13.1 Å². The van der Waals surface area contributed by atoms with Crippen LogP contribution in [0.25, 0.3) is 5.69 Å². The van der Waals surface area contributed by atoms with Crippen molar-refractivity contribution in [3.8, 4) is 5.69 Å². The lowest BCUT2D eigenvalue weighted by molar-refractivity contribution is -0.126. The van der Waals surface area contributed by atoms with Crippen LogP contribution in [0.4, 0.5) is 0 Å². The molecule has 1 aliphatic heterocycles. The molecule has 33 heavy (non-hydrogen) atoms. The molecule has 8 heteroatoms. The Labute approximate surface area is 195 Å². The molecule has 0 bridgehead atoms. The number of hydrogen-bond acceptors (Lipinski definition) is 4. The van der Waals surface area contributed by atoms with Crippen molar-refractivity contribution in [2.24, 2.45) is 5.92 Å². The van der Waals surface area contributed by atoms with Crippen molar-refractivity contribution >= 4 is 15.9 Å². The summed E-state index contributed by atoms with van der Waals surface area (Å²) in [5, 5.41) is 3.01. The number of amides is 1. The molecule has 0 radical (unpaired) electrons. The van der Waals surface area contributed by atoms with E-state index in [9.17, 15) is 13.2 Å². The molecule has 7 nitrogen and oxygen atoms in total. The number of aryl methyl sites for hydroxylation is 2. The number of hydrogen-bond donors (Lipinski definition) is 1. The van der Waals surface area contributed by atoms with E-state index < -0.39 is 10.0 Å². The van der Waals surface area contributed by atoms with Gasteiger partial charge in [-0.2, -0.15) is 0 Å². The third kappa shape index (κ3) is 5.69. The molecule has 0 aliphatic carbocycles. The normalized spacial score (nSPS) is 15.5. The molecule has 1 saturated heterocycles. The van der Waals surface area contributed by atoms with E-state index in [-0.39, 0.29) is 17.6 Å². The highest BCUT2D eigenvalue weighted by Gasteiger charge is 2.31. The summed E-state index contributed by atoms with van der Waals surface area (Å²) in [4.78, 5) is 16.9. The van der Waals surface area contributed by atoms with Gasteiger partial charge in [0.1, 0.15) is 5.82 Å². The second-order valence-electron chi connectivity index (χ2n) is 8.64. The summed E-state index contributed by atoms with van der Waals surface area (Å²) in [5.74, 6) is 0.741. The second-order valence-corrected chi connectivity index (χ2v) is 10.6. The summed E-state index contributed by atoms with van der Waals surface area (Å²) in [6.45, 7) is 5.14. The Morgan fingerprint density at radius 2 is 1.64 bits per heavy atom. The number of sulfonamides is 1. The molecule has 2 heterocycles. The number of aromatic nitrogens is 2. The molecule has 0 spiro atoms. The van der Waals surface area contributed by atoms with Gasteiger partial charge in [-0.25, -0.2) is 17.7 Å². The third-order valence-corrected chi connectivity index (χ3v) is 8.04. The Kier molecular flexibility index (Phi) is 6.95. The Morgan fingerprint density at radius 1 is 1.00 bits per heavy atom. The Bertz CT molecular complexity index is 1190. The first-order valence-corrected chi connectivity index (χ1v) is 12.8. The van der Waals surface area contributed by atoms with Crippen LogP contribution in [0.1, 0.15) is 35.4 Å². The van der Waals surface area contributed by atoms with Gasteiger partial charge in [0.2, 0.25) is 15.9 Å². The van der Waals surface area contributed by atoms with Crippen molar-refractivity contribution in [3.63, 3.8) is 0 Å². The zero-order chi connectivity index (χ0) is 23.4. The molecule has 3 aromatic rings. The largest absolute Gasteiger partial charge is 0.352 e. The molecule has 4 rings (SSSR count). The lowest BCUT2D eigenvalue weighted by Gasteiger charge is -2.30. The average molecular weight is 467 g/mol. The van der Waals surface area contributed by atoms with Crippen LogP contribution in [-0.4, -0.2) is 41.3 Å². The monoisotopic (exact) mass is 466 g/mol. The molecule has 1 aliphatic rings. The number of carbonyl (C=O) groups is 1. The maximum Gasteiger partial charge on any atom is 0.223 e. The maximum absolute atomic E-state index is 12.8. The maximum atomic E-state index is 12.8. The highest BCUT2D eigenvalue weighted by molar-refractivity contribution is 7.88. The van der Waals surface area contributed by atoms with Crippen LogP contribution >= 0.6 is 0 Å². The fraction of sp³-hybridized carbons (Fsp3) is 0.360. The van der Waals surface area contributed by atoms with Gasteiger partial charge in [0.25, 0.3) is 0 Å². The van der Waals surface area contributed by atoms with E-state index in [1.54, 1.807) is 6.20 Å². The zero-order valence-corrected chi connectivity index (χ0v) is 19.9. The van der Waals surface area contributed by atoms with Crippen molar-refractivity contribution in [3.05, 3.63) is 83.4 Å². The van der Waals surface area contributed by atoms with Crippen LogP contribution in [-0.2, 0) is 27.1 Å². The standard InChI is InChI=1S/C25H30N4O3S/c1-19-3-5-22(6-4-19)18-33(31,32)28-14-11-23(12-15-28)25(30)27-17-21-7-9-24(10-8-21)29-16-13-26-20(29)2/h3-10,13,16,23H,11-12,14-15,17-18H2,1-2H3,(H,27,30). The van der Waals surface area contributed by atoms with Crippen LogP contribution in [0.5, 0.6) is 0 Å². The highest BCUT2D eigenvalue weighted by Crippen LogP contribution is 2.22. The first-order valence-electron chi connectivity index (χ1n) is 11.2. The number of benzene rings is 2. The Morgan fingerprint density at radius 3 is 2.24 bits per heavy atom. The van der Waals surface area contributed by atoms with E-state index in [2.05, 4.69) is 10.3 Å². The highest BCUT2D eigenvalue weighted by atomic mass is 32.2. The molecule has 0 atom stereocenters. The number of nitrogens with one attached hydrogen (secondary N) is 1. The van der Waals surface area contributed by atoms with E-state index in [4.69, 9.17) is 0 Å². The molecule has 1 aromatic heterocycles. The number of piperidine rings is 1. The van der Waals surface area contributed by atoms with Gasteiger partial charge in [-0.3, -0.25) is 4.79 Å². The summed E-state index contributed by atoms with van der Waals surface area (Å²) >= 11 is 0. The Balaban J connectivity index is 1.26. The molecule has 1 amide bonds. The molecule has 1 fully saturated rings. The summed E-state index contributed by atoms with van der Waals surface area (Å²) in [5.41, 5.74) is 3.93. The van der Waals surface area contributed by atoms with E-state index in [0.717, 1.165) is 28.2 Å². The molecular weight excluding hydrogens is 436 g/mol. The van der Waals surface area contributed by atoms with Gasteiger partial charge in [-0.1, -0.05) is 42.0 Å². The number of rotatable bonds is 7. The first kappa shape index (κ1) is 23.2. The fourth-order valence-electron chi connectivity index (χ4n) is 4.14. The molecule has 0 unspecified atom stereocenters. The minimum atomic E-state index is -3.38. The predicted octanol–water partition coefficient (Wildman–Crippen LogP) is 3.35. The second kappa shape index (κ2) is 9.89. The summed E-state index contributed by atoms with van der Waals surface area (Å²) < 4.78 is 29.1. The van der Waals surface area contributed by atoms with Gasteiger partial charge in [0.15, 0.2) is 0 Å². The van der Waals surface area contributed by atoms with Crippen molar-refractivity contribution in [1.29, 1.82) is 0 Å². The number of nitrogens with zero attached hydrogens (tertiary/aromatic N) is 3. The van der Waals surface area contributed by atoms with Crippen molar-refractivity contribution < 1.29 is 13.2 Å². The minimum Gasteiger partial charge on any atom is -0.352 e. The summed E-state index contributed by atoms with van der Waals surface area (Å²) in [6.07, 6.45) is 4.76. The number of imidazole rings is 1. The number of carbonyl (C=O) groups excluding carboxylic acids is 1. The van der Waals surface area contributed by atoms with Gasteiger partial charge in [0.05, 0.1) is 5.75 Å². The summed E-state index contributed by atoms with van der Waals surface area (Å²) in [7, 11) is -3.38. The molecule has 2 aromatic carbocycles. The van der Waals surface area contributed by atoms with Gasteiger partial charge >= 0.3 is 0 Å². The molecule has 174 valence electrons. The fourth-order valence-corrected chi connectivity index (χ4v) is 5.70. The molecule has 1 N–H and O–H groups in total. The van der Waals surface area contributed by atoms with E-state index in [0.29, 0.717) is 32.5 Å². The summed E-state index contributed by atoms with van der Waals surface area (Å²) in [6, 6.07) is 15.6. The van der Waals surface area contributed by atoms with E-state index in [1.807, 2.05) is 73.1 Å². The molecule has 0 saturated carbocycles. The average Bonchev–Trinajstić information content (AvgIpc) is 3.25. The SMILES string of the molecule is Cc1ccc(CS(=O)(=O)N2CCC(C(=O)NCc3ccc(-n4ccnc4C)cc3)CC2)cc1.